The maximum Gasteiger partial charge on any atom is 0.0166 e. The molecule has 1 N–H and O–H groups in total. The average Bonchev–Trinajstić information content (AvgIpc) is 2.63. The van der Waals surface area contributed by atoms with Gasteiger partial charge in [-0.2, -0.15) is 0 Å². The molecule has 2 unspecified atom stereocenters. The molecule has 3 nitrogen and oxygen atoms in total. The lowest BCUT2D eigenvalue weighted by molar-refractivity contribution is 0.214. The van der Waals surface area contributed by atoms with Gasteiger partial charge in [0.05, 0.1) is 0 Å². The van der Waals surface area contributed by atoms with Crippen molar-refractivity contribution in [2.75, 3.05) is 39.3 Å². The van der Waals surface area contributed by atoms with Gasteiger partial charge in [-0.15, -0.1) is 0 Å². The fourth-order valence-corrected chi connectivity index (χ4v) is 3.21. The minimum Gasteiger partial charge on any atom is -0.313 e. The molecule has 0 aromatic carbocycles. The second kappa shape index (κ2) is 6.17. The number of likely N-dealkylation sites (tertiary alicyclic amines) is 1. The molecule has 2 fully saturated rings. The molecule has 100 valence electrons. The normalized spacial score (nSPS) is 33.2. The van der Waals surface area contributed by atoms with E-state index in [-0.39, 0.29) is 0 Å². The molecule has 0 aliphatic carbocycles. The van der Waals surface area contributed by atoms with Crippen LogP contribution in [0.1, 0.15) is 33.6 Å². The van der Waals surface area contributed by atoms with Gasteiger partial charge in [-0.3, -0.25) is 0 Å². The fraction of sp³-hybridized carbons (Fsp3) is 1.00. The van der Waals surface area contributed by atoms with Crippen LogP contribution < -0.4 is 5.32 Å². The summed E-state index contributed by atoms with van der Waals surface area (Å²) in [5.41, 5.74) is 0. The Balaban J connectivity index is 1.77. The molecule has 2 aliphatic rings. The Hall–Kier alpha value is -0.120. The molecule has 0 saturated carbocycles. The minimum atomic E-state index is 0.667. The predicted octanol–water partition coefficient (Wildman–Crippen LogP) is 1.40. The predicted molar refractivity (Wildman–Crippen MR) is 73.3 cm³/mol. The summed E-state index contributed by atoms with van der Waals surface area (Å²) in [5, 5.41) is 3.57. The average molecular weight is 239 g/mol. The summed E-state index contributed by atoms with van der Waals surface area (Å²) >= 11 is 0. The van der Waals surface area contributed by atoms with Crippen molar-refractivity contribution in [1.29, 1.82) is 0 Å². The van der Waals surface area contributed by atoms with Crippen LogP contribution >= 0.6 is 0 Å². The molecule has 2 rings (SSSR count). The first-order valence-corrected chi connectivity index (χ1v) is 7.35. The van der Waals surface area contributed by atoms with Crippen molar-refractivity contribution >= 4 is 0 Å². The van der Waals surface area contributed by atoms with Crippen LogP contribution in [-0.4, -0.2) is 61.2 Å². The molecule has 3 heteroatoms. The highest BCUT2D eigenvalue weighted by molar-refractivity contribution is 4.82. The molecule has 0 bridgehead atoms. The molecular weight excluding hydrogens is 210 g/mol. The summed E-state index contributed by atoms with van der Waals surface area (Å²) in [4.78, 5) is 5.31. The van der Waals surface area contributed by atoms with E-state index in [1.165, 1.54) is 52.1 Å². The van der Waals surface area contributed by atoms with Gasteiger partial charge in [0.2, 0.25) is 0 Å². The number of hydrogen-bond acceptors (Lipinski definition) is 3. The van der Waals surface area contributed by atoms with Crippen LogP contribution in [0.2, 0.25) is 0 Å². The topological polar surface area (TPSA) is 18.5 Å². The van der Waals surface area contributed by atoms with E-state index < -0.39 is 0 Å². The van der Waals surface area contributed by atoms with Crippen LogP contribution in [0.15, 0.2) is 0 Å². The highest BCUT2D eigenvalue weighted by Gasteiger charge is 2.26. The smallest absolute Gasteiger partial charge is 0.0166 e. The molecule has 0 radical (unpaired) electrons. The summed E-state index contributed by atoms with van der Waals surface area (Å²) in [7, 11) is 0. The van der Waals surface area contributed by atoms with Gasteiger partial charge in [0.25, 0.3) is 0 Å². The van der Waals surface area contributed by atoms with Gasteiger partial charge >= 0.3 is 0 Å². The maximum atomic E-state index is 3.57. The van der Waals surface area contributed by atoms with Gasteiger partial charge in [0.1, 0.15) is 0 Å². The summed E-state index contributed by atoms with van der Waals surface area (Å²) in [6.07, 6.45) is 2.71. The Morgan fingerprint density at radius 3 is 2.76 bits per heavy atom. The van der Waals surface area contributed by atoms with Crippen molar-refractivity contribution in [3.8, 4) is 0 Å². The first-order valence-electron chi connectivity index (χ1n) is 7.35. The highest BCUT2D eigenvalue weighted by atomic mass is 15.2. The van der Waals surface area contributed by atoms with E-state index in [4.69, 9.17) is 0 Å². The van der Waals surface area contributed by atoms with Crippen molar-refractivity contribution in [3.63, 3.8) is 0 Å². The zero-order chi connectivity index (χ0) is 12.3. The van der Waals surface area contributed by atoms with Gasteiger partial charge in [-0.05, 0) is 59.2 Å². The van der Waals surface area contributed by atoms with E-state index in [0.29, 0.717) is 6.04 Å². The lowest BCUT2D eigenvalue weighted by atomic mass is 10.1. The zero-order valence-corrected chi connectivity index (χ0v) is 11.8. The molecule has 0 amide bonds. The Kier molecular flexibility index (Phi) is 4.83. The van der Waals surface area contributed by atoms with Crippen LogP contribution in [0, 0.1) is 5.92 Å². The molecule has 0 spiro atoms. The van der Waals surface area contributed by atoms with Crippen LogP contribution in [0.5, 0.6) is 0 Å². The van der Waals surface area contributed by atoms with Crippen molar-refractivity contribution in [3.05, 3.63) is 0 Å². The minimum absolute atomic E-state index is 0.667. The van der Waals surface area contributed by atoms with Crippen LogP contribution in [0.25, 0.3) is 0 Å². The number of hydrogen-bond donors (Lipinski definition) is 1. The van der Waals surface area contributed by atoms with E-state index in [2.05, 4.69) is 35.9 Å². The summed E-state index contributed by atoms with van der Waals surface area (Å²) in [6, 6.07) is 1.39. The van der Waals surface area contributed by atoms with E-state index in [9.17, 15) is 0 Å². The first kappa shape index (κ1) is 13.3. The van der Waals surface area contributed by atoms with Gasteiger partial charge in [0, 0.05) is 31.7 Å². The molecule has 2 atom stereocenters. The van der Waals surface area contributed by atoms with Crippen molar-refractivity contribution in [1.82, 2.24) is 15.1 Å². The third-order valence-corrected chi connectivity index (χ3v) is 4.24. The monoisotopic (exact) mass is 239 g/mol. The number of nitrogens with zero attached hydrogens (tertiary/aromatic N) is 2. The van der Waals surface area contributed by atoms with Gasteiger partial charge < -0.3 is 15.1 Å². The highest BCUT2D eigenvalue weighted by Crippen LogP contribution is 2.20. The van der Waals surface area contributed by atoms with Crippen LogP contribution in [0.3, 0.4) is 0 Å². The number of rotatable bonds is 3. The molecule has 2 heterocycles. The van der Waals surface area contributed by atoms with Crippen LogP contribution in [-0.2, 0) is 0 Å². The molecular formula is C14H29N3. The van der Waals surface area contributed by atoms with E-state index >= 15 is 0 Å². The summed E-state index contributed by atoms with van der Waals surface area (Å²) in [5.74, 6) is 0.905. The quantitative estimate of drug-likeness (QED) is 0.803. The molecule has 17 heavy (non-hydrogen) atoms. The van der Waals surface area contributed by atoms with Crippen molar-refractivity contribution in [2.45, 2.75) is 45.7 Å². The Morgan fingerprint density at radius 1 is 1.24 bits per heavy atom. The summed E-state index contributed by atoms with van der Waals surface area (Å²) in [6.45, 7) is 14.6. The second-order valence-corrected chi connectivity index (χ2v) is 6.21. The van der Waals surface area contributed by atoms with E-state index in [0.717, 1.165) is 12.0 Å². The fourth-order valence-electron chi connectivity index (χ4n) is 3.21. The molecule has 2 saturated heterocycles. The largest absolute Gasteiger partial charge is 0.313 e. The molecule has 0 aromatic heterocycles. The van der Waals surface area contributed by atoms with E-state index in [1.54, 1.807) is 0 Å². The maximum absolute atomic E-state index is 3.57. The molecule has 0 aromatic rings. The second-order valence-electron chi connectivity index (χ2n) is 6.21. The molecule has 2 aliphatic heterocycles. The Labute approximate surface area is 107 Å². The standard InChI is InChI=1S/C14H29N3/c1-12(2)17-8-5-14(11-17)10-16-7-4-6-15-13(3)9-16/h12-15H,4-11H2,1-3H3. The van der Waals surface area contributed by atoms with Gasteiger partial charge in [-0.1, -0.05) is 0 Å². The number of nitrogens with one attached hydrogen (secondary N) is 1. The van der Waals surface area contributed by atoms with Gasteiger partial charge in [-0.25, -0.2) is 0 Å². The Bertz CT molecular complexity index is 230. The third kappa shape index (κ3) is 3.94. The van der Waals surface area contributed by atoms with Crippen molar-refractivity contribution < 1.29 is 0 Å². The lowest BCUT2D eigenvalue weighted by Crippen LogP contribution is -2.38. The zero-order valence-electron chi connectivity index (χ0n) is 11.8. The first-order chi connectivity index (χ1) is 8.15. The Morgan fingerprint density at radius 2 is 2.06 bits per heavy atom. The van der Waals surface area contributed by atoms with Crippen LogP contribution in [0.4, 0.5) is 0 Å². The lowest BCUT2D eigenvalue weighted by Gasteiger charge is -2.26. The van der Waals surface area contributed by atoms with Crippen molar-refractivity contribution in [2.24, 2.45) is 5.92 Å². The van der Waals surface area contributed by atoms with E-state index in [1.807, 2.05) is 0 Å². The van der Waals surface area contributed by atoms with Gasteiger partial charge in [0.15, 0.2) is 0 Å². The third-order valence-electron chi connectivity index (χ3n) is 4.24. The summed E-state index contributed by atoms with van der Waals surface area (Å²) < 4.78 is 0. The SMILES string of the molecule is CC1CN(CC2CCN(C(C)C)C2)CCCN1.